The van der Waals surface area contributed by atoms with Gasteiger partial charge in [0.05, 0.1) is 19.6 Å². The Morgan fingerprint density at radius 2 is 2.00 bits per heavy atom. The van der Waals surface area contributed by atoms with Crippen molar-refractivity contribution in [3.8, 4) is 11.5 Å². The predicted molar refractivity (Wildman–Crippen MR) is 106 cm³/mol. The van der Waals surface area contributed by atoms with Crippen LogP contribution in [0.3, 0.4) is 0 Å². The Morgan fingerprint density at radius 1 is 1.20 bits per heavy atom. The lowest BCUT2D eigenvalue weighted by atomic mass is 10.1. The van der Waals surface area contributed by atoms with E-state index in [-0.39, 0.29) is 6.42 Å². The Hall–Kier alpha value is -3.69. The Labute approximate surface area is 172 Å². The fraction of sp³-hybridized carbons (Fsp3) is 0.350. The lowest BCUT2D eigenvalue weighted by Crippen LogP contribution is -2.22. The summed E-state index contributed by atoms with van der Waals surface area (Å²) in [5.74, 6) is 0.703. The van der Waals surface area contributed by atoms with Crippen molar-refractivity contribution < 1.29 is 23.8 Å². The van der Waals surface area contributed by atoms with Gasteiger partial charge in [0.2, 0.25) is 0 Å². The van der Waals surface area contributed by atoms with Crippen molar-refractivity contribution in [2.24, 2.45) is 0 Å². The quantitative estimate of drug-likeness (QED) is 0.630. The van der Waals surface area contributed by atoms with E-state index in [1.54, 1.807) is 29.6 Å². The van der Waals surface area contributed by atoms with Gasteiger partial charge in [0.15, 0.2) is 18.1 Å². The summed E-state index contributed by atoms with van der Waals surface area (Å²) in [5.41, 5.74) is 2.65. The molecular weight excluding hydrogens is 390 g/mol. The van der Waals surface area contributed by atoms with E-state index in [4.69, 9.17) is 14.2 Å². The van der Waals surface area contributed by atoms with Gasteiger partial charge in [-0.3, -0.25) is 9.59 Å². The smallest absolute Gasteiger partial charge is 0.310 e. The molecule has 10 nitrogen and oxygen atoms in total. The number of fused-ring (bicyclic) bond motifs is 2. The normalized spacial score (nSPS) is 13.0. The van der Waals surface area contributed by atoms with E-state index in [9.17, 15) is 9.59 Å². The number of benzene rings is 1. The Kier molecular flexibility index (Phi) is 5.46. The lowest BCUT2D eigenvalue weighted by Gasteiger charge is -2.12. The number of nitrogens with one attached hydrogen (secondary N) is 1. The van der Waals surface area contributed by atoms with Crippen molar-refractivity contribution in [1.82, 2.24) is 19.6 Å². The zero-order valence-corrected chi connectivity index (χ0v) is 16.7. The zero-order chi connectivity index (χ0) is 21.1. The molecule has 0 aliphatic carbocycles. The van der Waals surface area contributed by atoms with Crippen LogP contribution in [0.1, 0.15) is 23.4 Å². The summed E-state index contributed by atoms with van der Waals surface area (Å²) >= 11 is 0. The molecule has 156 valence electrons. The minimum absolute atomic E-state index is 0.0161. The van der Waals surface area contributed by atoms with Gasteiger partial charge in [0.1, 0.15) is 6.33 Å². The molecule has 30 heavy (non-hydrogen) atoms. The highest BCUT2D eigenvalue weighted by Crippen LogP contribution is 2.32. The molecule has 1 N–H and O–H groups in total. The van der Waals surface area contributed by atoms with Crippen molar-refractivity contribution in [2.45, 2.75) is 26.7 Å². The van der Waals surface area contributed by atoms with Crippen LogP contribution < -0.4 is 14.8 Å². The first-order valence-corrected chi connectivity index (χ1v) is 9.52. The molecule has 1 amide bonds. The summed E-state index contributed by atoms with van der Waals surface area (Å²) in [4.78, 5) is 32.8. The molecule has 0 bridgehead atoms. The molecule has 0 fully saturated rings. The number of nitrogens with zero attached hydrogens (tertiary/aromatic N) is 4. The fourth-order valence-corrected chi connectivity index (χ4v) is 3.19. The summed E-state index contributed by atoms with van der Waals surface area (Å²) in [6.07, 6.45) is 2.18. The number of anilines is 1. The molecule has 1 aliphatic heterocycles. The van der Waals surface area contributed by atoms with Crippen LogP contribution in [0.15, 0.2) is 24.5 Å². The first-order valence-electron chi connectivity index (χ1n) is 9.52. The third-order valence-corrected chi connectivity index (χ3v) is 4.71. The predicted octanol–water partition coefficient (Wildman–Crippen LogP) is 1.63. The highest BCUT2D eigenvalue weighted by Gasteiger charge is 2.17. The minimum atomic E-state index is -0.531. The number of carbonyl (C=O) groups is 2. The molecule has 10 heteroatoms. The first-order chi connectivity index (χ1) is 14.5. The van der Waals surface area contributed by atoms with E-state index >= 15 is 0 Å². The fourth-order valence-electron chi connectivity index (χ4n) is 3.19. The van der Waals surface area contributed by atoms with Crippen LogP contribution in [-0.4, -0.2) is 51.3 Å². The van der Waals surface area contributed by atoms with E-state index in [2.05, 4.69) is 20.4 Å². The SMILES string of the molecule is Cc1nc2ncnn2c(C)c1CC(=O)OCC(=O)Nc1ccc2c(c1)OCCCO2. The highest BCUT2D eigenvalue weighted by molar-refractivity contribution is 5.93. The van der Waals surface area contributed by atoms with E-state index in [1.807, 2.05) is 6.92 Å². The summed E-state index contributed by atoms with van der Waals surface area (Å²) in [6.45, 7) is 4.37. The molecule has 0 spiro atoms. The van der Waals surface area contributed by atoms with Crippen molar-refractivity contribution in [2.75, 3.05) is 25.1 Å². The molecule has 3 heterocycles. The van der Waals surface area contributed by atoms with Gasteiger partial charge in [-0.1, -0.05) is 0 Å². The average molecular weight is 411 g/mol. The topological polar surface area (TPSA) is 117 Å². The molecule has 0 saturated heterocycles. The van der Waals surface area contributed by atoms with E-state index in [0.29, 0.717) is 47.4 Å². The van der Waals surface area contributed by atoms with Crippen molar-refractivity contribution >= 4 is 23.3 Å². The summed E-state index contributed by atoms with van der Waals surface area (Å²) in [7, 11) is 0. The van der Waals surface area contributed by atoms with Crippen LogP contribution in [0.25, 0.3) is 5.78 Å². The van der Waals surface area contributed by atoms with Gasteiger partial charge >= 0.3 is 5.97 Å². The van der Waals surface area contributed by atoms with Crippen LogP contribution in [0, 0.1) is 13.8 Å². The molecule has 1 aliphatic rings. The van der Waals surface area contributed by atoms with Crippen LogP contribution >= 0.6 is 0 Å². The average Bonchev–Trinajstić information content (AvgIpc) is 3.06. The van der Waals surface area contributed by atoms with Crippen molar-refractivity contribution in [1.29, 1.82) is 0 Å². The number of hydrogen-bond acceptors (Lipinski definition) is 8. The van der Waals surface area contributed by atoms with Crippen LogP contribution in [-0.2, 0) is 20.7 Å². The van der Waals surface area contributed by atoms with Crippen molar-refractivity contribution in [3.63, 3.8) is 0 Å². The molecule has 2 aromatic heterocycles. The molecule has 0 saturated carbocycles. The third kappa shape index (κ3) is 4.17. The Balaban J connectivity index is 1.34. The number of aryl methyl sites for hydroxylation is 2. The molecule has 0 atom stereocenters. The second-order valence-electron chi connectivity index (χ2n) is 6.83. The van der Waals surface area contributed by atoms with Gasteiger partial charge in [0.25, 0.3) is 11.7 Å². The number of esters is 1. The standard InChI is InChI=1S/C20H21N5O5/c1-12-15(13(2)25-20(23-12)21-11-22-25)9-19(27)30-10-18(26)24-14-4-5-16-17(8-14)29-7-3-6-28-16/h4-5,8,11H,3,6-7,9-10H2,1-2H3,(H,24,26). The molecule has 3 aromatic rings. The number of ether oxygens (including phenoxy) is 3. The Morgan fingerprint density at radius 3 is 2.83 bits per heavy atom. The van der Waals surface area contributed by atoms with Gasteiger partial charge in [-0.2, -0.15) is 10.1 Å². The van der Waals surface area contributed by atoms with Crippen LogP contribution in [0.5, 0.6) is 11.5 Å². The summed E-state index contributed by atoms with van der Waals surface area (Å²) < 4.78 is 17.9. The van der Waals surface area contributed by atoms with Gasteiger partial charge in [-0.05, 0) is 26.0 Å². The molecule has 0 radical (unpaired) electrons. The van der Waals surface area contributed by atoms with Gasteiger partial charge in [-0.25, -0.2) is 9.50 Å². The van der Waals surface area contributed by atoms with Crippen LogP contribution in [0.4, 0.5) is 5.69 Å². The number of hydrogen-bond donors (Lipinski definition) is 1. The minimum Gasteiger partial charge on any atom is -0.490 e. The highest BCUT2D eigenvalue weighted by atomic mass is 16.5. The van der Waals surface area contributed by atoms with Gasteiger partial charge in [0, 0.05) is 35.1 Å². The maximum Gasteiger partial charge on any atom is 0.310 e. The number of aromatic nitrogens is 4. The number of carbonyl (C=O) groups excluding carboxylic acids is 2. The maximum absolute atomic E-state index is 12.3. The van der Waals surface area contributed by atoms with Crippen molar-refractivity contribution in [3.05, 3.63) is 41.5 Å². The number of rotatable bonds is 5. The first kappa shape index (κ1) is 19.6. The monoisotopic (exact) mass is 411 g/mol. The maximum atomic E-state index is 12.3. The van der Waals surface area contributed by atoms with Gasteiger partial charge < -0.3 is 19.5 Å². The van der Waals surface area contributed by atoms with E-state index in [1.165, 1.54) is 6.33 Å². The lowest BCUT2D eigenvalue weighted by molar-refractivity contribution is -0.146. The molecule has 4 rings (SSSR count). The molecular formula is C20H21N5O5. The van der Waals surface area contributed by atoms with E-state index in [0.717, 1.165) is 12.1 Å². The number of amides is 1. The summed E-state index contributed by atoms with van der Waals surface area (Å²) in [6, 6.07) is 5.13. The second-order valence-corrected chi connectivity index (χ2v) is 6.83. The third-order valence-electron chi connectivity index (χ3n) is 4.71. The molecule has 0 unspecified atom stereocenters. The zero-order valence-electron chi connectivity index (χ0n) is 16.7. The molecule has 1 aromatic carbocycles. The second kappa shape index (κ2) is 8.36. The Bertz CT molecular complexity index is 1110. The van der Waals surface area contributed by atoms with E-state index < -0.39 is 18.5 Å². The summed E-state index contributed by atoms with van der Waals surface area (Å²) in [5, 5.41) is 6.78. The van der Waals surface area contributed by atoms with Gasteiger partial charge in [-0.15, -0.1) is 0 Å². The largest absolute Gasteiger partial charge is 0.490 e. The van der Waals surface area contributed by atoms with Crippen LogP contribution in [0.2, 0.25) is 0 Å².